The molecule has 0 bridgehead atoms. The molecule has 17 heavy (non-hydrogen) atoms. The molecular formula is C13H16N2OS. The van der Waals surface area contributed by atoms with Gasteiger partial charge < -0.3 is 11.1 Å². The number of terminal acetylenes is 1. The van der Waals surface area contributed by atoms with Crippen LogP contribution in [0.2, 0.25) is 0 Å². The Morgan fingerprint density at radius 2 is 2.18 bits per heavy atom. The molecule has 90 valence electrons. The second kappa shape index (κ2) is 7.77. The largest absolute Gasteiger partial charge is 0.354 e. The molecule has 0 radical (unpaired) electrons. The van der Waals surface area contributed by atoms with Crippen LogP contribution < -0.4 is 11.1 Å². The van der Waals surface area contributed by atoms with Crippen LogP contribution in [0.4, 0.5) is 0 Å². The lowest BCUT2D eigenvalue weighted by Crippen LogP contribution is -2.35. The highest BCUT2D eigenvalue weighted by Crippen LogP contribution is 2.09. The first kappa shape index (κ1) is 13.6. The molecule has 1 amide bonds. The Hall–Kier alpha value is -1.44. The van der Waals surface area contributed by atoms with E-state index in [9.17, 15) is 4.79 Å². The van der Waals surface area contributed by atoms with Crippen LogP contribution in [0, 0.1) is 12.3 Å². The number of amides is 1. The van der Waals surface area contributed by atoms with E-state index < -0.39 is 6.04 Å². The zero-order chi connectivity index (χ0) is 12.5. The highest BCUT2D eigenvalue weighted by molar-refractivity contribution is 7.99. The van der Waals surface area contributed by atoms with Gasteiger partial charge in [-0.3, -0.25) is 4.79 Å². The normalized spacial score (nSPS) is 11.5. The van der Waals surface area contributed by atoms with Crippen molar-refractivity contribution in [1.82, 2.24) is 5.32 Å². The van der Waals surface area contributed by atoms with Gasteiger partial charge in [-0.25, -0.2) is 0 Å². The molecule has 1 aromatic rings. The van der Waals surface area contributed by atoms with Gasteiger partial charge in [0.05, 0.1) is 5.75 Å². The number of hydrogen-bond donors (Lipinski definition) is 2. The van der Waals surface area contributed by atoms with Gasteiger partial charge >= 0.3 is 0 Å². The molecule has 0 aromatic heterocycles. The zero-order valence-corrected chi connectivity index (χ0v) is 10.4. The average molecular weight is 248 g/mol. The molecule has 1 aromatic carbocycles. The number of carbonyl (C=O) groups is 1. The predicted molar refractivity (Wildman–Crippen MR) is 72.5 cm³/mol. The molecule has 0 aliphatic carbocycles. The minimum absolute atomic E-state index is 0.155. The first-order valence-corrected chi connectivity index (χ1v) is 6.50. The lowest BCUT2D eigenvalue weighted by atomic mass is 10.1. The standard InChI is InChI=1S/C13H16N2OS/c1-2-9-17-10-8-15-13(16)12(14)11-6-4-3-5-7-11/h1,3-7,12H,8-10,14H2,(H,15,16). The molecule has 0 aliphatic rings. The Kier molecular flexibility index (Phi) is 6.23. The number of benzene rings is 1. The predicted octanol–water partition coefficient (Wildman–Crippen LogP) is 1.17. The topological polar surface area (TPSA) is 55.1 Å². The molecule has 1 unspecified atom stereocenters. The summed E-state index contributed by atoms with van der Waals surface area (Å²) in [5.41, 5.74) is 6.65. The van der Waals surface area contributed by atoms with Crippen molar-refractivity contribution in [2.24, 2.45) is 5.73 Å². The Morgan fingerprint density at radius 3 is 2.82 bits per heavy atom. The van der Waals surface area contributed by atoms with Crippen molar-refractivity contribution in [1.29, 1.82) is 0 Å². The summed E-state index contributed by atoms with van der Waals surface area (Å²) in [4.78, 5) is 11.7. The lowest BCUT2D eigenvalue weighted by molar-refractivity contribution is -0.122. The molecule has 4 heteroatoms. The summed E-state index contributed by atoms with van der Waals surface area (Å²) in [6.07, 6.45) is 5.12. The molecule has 3 nitrogen and oxygen atoms in total. The van der Waals surface area contributed by atoms with E-state index in [0.717, 1.165) is 11.3 Å². The van der Waals surface area contributed by atoms with Crippen LogP contribution in [-0.4, -0.2) is 24.0 Å². The number of thioether (sulfide) groups is 1. The zero-order valence-electron chi connectivity index (χ0n) is 9.56. The van der Waals surface area contributed by atoms with Gasteiger partial charge in [0.2, 0.25) is 5.91 Å². The van der Waals surface area contributed by atoms with Crippen LogP contribution in [0.25, 0.3) is 0 Å². The Morgan fingerprint density at radius 1 is 1.47 bits per heavy atom. The minimum atomic E-state index is -0.603. The maximum atomic E-state index is 11.7. The first-order chi connectivity index (χ1) is 8.25. The van der Waals surface area contributed by atoms with E-state index in [-0.39, 0.29) is 5.91 Å². The number of carbonyl (C=O) groups excluding carboxylic acids is 1. The van der Waals surface area contributed by atoms with Crippen molar-refractivity contribution in [3.8, 4) is 12.3 Å². The van der Waals surface area contributed by atoms with E-state index in [1.807, 2.05) is 30.3 Å². The van der Waals surface area contributed by atoms with E-state index in [0.29, 0.717) is 12.3 Å². The fourth-order valence-corrected chi connectivity index (χ4v) is 1.81. The molecule has 0 heterocycles. The third-order valence-electron chi connectivity index (χ3n) is 2.17. The number of hydrogen-bond acceptors (Lipinski definition) is 3. The highest BCUT2D eigenvalue weighted by Gasteiger charge is 2.14. The summed E-state index contributed by atoms with van der Waals surface area (Å²) >= 11 is 1.61. The Labute approximate surface area is 106 Å². The molecular weight excluding hydrogens is 232 g/mol. The highest BCUT2D eigenvalue weighted by atomic mass is 32.2. The molecule has 1 rings (SSSR count). The second-order valence-electron chi connectivity index (χ2n) is 3.44. The van der Waals surface area contributed by atoms with Gasteiger partial charge in [-0.2, -0.15) is 0 Å². The van der Waals surface area contributed by atoms with Crippen molar-refractivity contribution in [2.75, 3.05) is 18.1 Å². The van der Waals surface area contributed by atoms with Gasteiger partial charge in [-0.1, -0.05) is 36.3 Å². The molecule has 0 fully saturated rings. The third-order valence-corrected chi connectivity index (χ3v) is 3.04. The lowest BCUT2D eigenvalue weighted by Gasteiger charge is -2.12. The van der Waals surface area contributed by atoms with E-state index in [1.165, 1.54) is 0 Å². The third kappa shape index (κ3) is 4.94. The SMILES string of the molecule is C#CCSCCNC(=O)C(N)c1ccccc1. The summed E-state index contributed by atoms with van der Waals surface area (Å²) in [7, 11) is 0. The second-order valence-corrected chi connectivity index (χ2v) is 4.54. The van der Waals surface area contributed by atoms with Crippen LogP contribution in [0.15, 0.2) is 30.3 Å². The van der Waals surface area contributed by atoms with E-state index >= 15 is 0 Å². The van der Waals surface area contributed by atoms with Gasteiger partial charge in [0.15, 0.2) is 0 Å². The smallest absolute Gasteiger partial charge is 0.241 e. The van der Waals surface area contributed by atoms with Gasteiger partial charge in [-0.15, -0.1) is 18.2 Å². The van der Waals surface area contributed by atoms with Crippen molar-refractivity contribution >= 4 is 17.7 Å². The van der Waals surface area contributed by atoms with Crippen molar-refractivity contribution < 1.29 is 4.79 Å². The summed E-state index contributed by atoms with van der Waals surface area (Å²) < 4.78 is 0. The molecule has 3 N–H and O–H groups in total. The molecule has 0 spiro atoms. The van der Waals surface area contributed by atoms with Crippen LogP contribution in [0.5, 0.6) is 0 Å². The van der Waals surface area contributed by atoms with Crippen LogP contribution in [0.3, 0.4) is 0 Å². The van der Waals surface area contributed by atoms with Crippen molar-refractivity contribution in [3.05, 3.63) is 35.9 Å². The van der Waals surface area contributed by atoms with Crippen molar-refractivity contribution in [3.63, 3.8) is 0 Å². The quantitative estimate of drug-likeness (QED) is 0.587. The number of rotatable bonds is 6. The summed E-state index contributed by atoms with van der Waals surface area (Å²) in [5.74, 6) is 3.85. The van der Waals surface area contributed by atoms with E-state index in [1.54, 1.807) is 11.8 Å². The maximum absolute atomic E-state index is 11.7. The van der Waals surface area contributed by atoms with Gasteiger partial charge in [0, 0.05) is 12.3 Å². The Bertz CT molecular complexity index is 386. The summed E-state index contributed by atoms with van der Waals surface area (Å²) in [6, 6.07) is 8.71. The van der Waals surface area contributed by atoms with Crippen molar-refractivity contribution in [2.45, 2.75) is 6.04 Å². The first-order valence-electron chi connectivity index (χ1n) is 5.35. The van der Waals surface area contributed by atoms with Crippen LogP contribution in [-0.2, 0) is 4.79 Å². The average Bonchev–Trinajstić information content (AvgIpc) is 2.38. The molecule has 0 saturated carbocycles. The van der Waals surface area contributed by atoms with Gasteiger partial charge in [-0.05, 0) is 5.56 Å². The Balaban J connectivity index is 2.31. The molecule has 1 atom stereocenters. The van der Waals surface area contributed by atoms with Gasteiger partial charge in [0.25, 0.3) is 0 Å². The van der Waals surface area contributed by atoms with E-state index in [4.69, 9.17) is 12.2 Å². The van der Waals surface area contributed by atoms with Crippen LogP contribution >= 0.6 is 11.8 Å². The molecule has 0 saturated heterocycles. The molecule has 0 aliphatic heterocycles. The summed E-state index contributed by atoms with van der Waals surface area (Å²) in [5, 5.41) is 2.79. The number of nitrogens with one attached hydrogen (secondary N) is 1. The van der Waals surface area contributed by atoms with Gasteiger partial charge in [0.1, 0.15) is 6.04 Å². The fourth-order valence-electron chi connectivity index (χ4n) is 1.30. The summed E-state index contributed by atoms with van der Waals surface area (Å²) in [6.45, 7) is 0.589. The van der Waals surface area contributed by atoms with E-state index in [2.05, 4.69) is 11.2 Å². The minimum Gasteiger partial charge on any atom is -0.354 e. The fraction of sp³-hybridized carbons (Fsp3) is 0.308. The monoisotopic (exact) mass is 248 g/mol. The number of nitrogens with two attached hydrogens (primary N) is 1. The maximum Gasteiger partial charge on any atom is 0.241 e. The van der Waals surface area contributed by atoms with Crippen LogP contribution in [0.1, 0.15) is 11.6 Å².